The molecule has 1 aromatic heterocycles. The van der Waals surface area contributed by atoms with E-state index < -0.39 is 43.3 Å². The number of benzene rings is 2. The first-order valence-corrected chi connectivity index (χ1v) is 9.84. The van der Waals surface area contributed by atoms with E-state index in [0.29, 0.717) is 5.56 Å². The first-order chi connectivity index (χ1) is 15.7. The molecule has 0 radical (unpaired) electrons. The second kappa shape index (κ2) is 8.81. The van der Waals surface area contributed by atoms with Gasteiger partial charge in [0.1, 0.15) is 35.6 Å². The predicted molar refractivity (Wildman–Crippen MR) is 111 cm³/mol. The van der Waals surface area contributed by atoms with E-state index in [1.165, 1.54) is 36.4 Å². The number of aliphatic hydroxyl groups excluding tert-OH is 4. The Hall–Kier alpha value is -3.48. The summed E-state index contributed by atoms with van der Waals surface area (Å²) in [6.45, 7) is -0.672. The molecule has 11 heteroatoms. The van der Waals surface area contributed by atoms with Gasteiger partial charge in [-0.05, 0) is 36.4 Å². The van der Waals surface area contributed by atoms with Crippen LogP contribution in [0.3, 0.4) is 0 Å². The van der Waals surface area contributed by atoms with E-state index in [9.17, 15) is 40.5 Å². The van der Waals surface area contributed by atoms with Crippen LogP contribution in [-0.4, -0.2) is 79.0 Å². The Morgan fingerprint density at radius 1 is 1.00 bits per heavy atom. The maximum atomic E-state index is 11.7. The van der Waals surface area contributed by atoms with Crippen molar-refractivity contribution in [2.75, 3.05) is 6.61 Å². The monoisotopic (exact) mass is 461 g/mol. The molecule has 1 aliphatic rings. The number of aliphatic hydroxyl groups is 4. The Bertz CT molecular complexity index is 1180. The summed E-state index contributed by atoms with van der Waals surface area (Å²) in [6.07, 6.45) is -7.84. The summed E-state index contributed by atoms with van der Waals surface area (Å²) in [5.41, 5.74) is -0.00370. The summed E-state index contributed by atoms with van der Waals surface area (Å²) in [5, 5.41) is 69.1. The van der Waals surface area contributed by atoms with Crippen LogP contribution in [0.25, 0.3) is 22.3 Å². The van der Waals surface area contributed by atoms with Gasteiger partial charge in [0.15, 0.2) is 0 Å². The molecular formula is C22H21O11+. The van der Waals surface area contributed by atoms with E-state index in [2.05, 4.69) is 0 Å². The van der Waals surface area contributed by atoms with E-state index in [4.69, 9.17) is 13.9 Å². The lowest BCUT2D eigenvalue weighted by atomic mass is 9.99. The SMILES string of the molecule is O=C(O)c1ccc(O)c2[o+]c(-c3ccc(O)cc3)c(O[C@@H]3O[C@H](CO)[C@@H](O)[C@H](O)[C@H]3O)cc12. The zero-order valence-corrected chi connectivity index (χ0v) is 16.9. The van der Waals surface area contributed by atoms with Crippen molar-refractivity contribution in [1.82, 2.24) is 0 Å². The highest BCUT2D eigenvalue weighted by molar-refractivity contribution is 6.04. The molecule has 5 atom stereocenters. The van der Waals surface area contributed by atoms with Crippen LogP contribution in [0.2, 0.25) is 0 Å². The smallest absolute Gasteiger partial charge is 0.403 e. The largest absolute Gasteiger partial charge is 0.508 e. The molecule has 174 valence electrons. The quantitative estimate of drug-likeness (QED) is 0.265. The summed E-state index contributed by atoms with van der Waals surface area (Å²) in [5.74, 6) is -1.82. The van der Waals surface area contributed by atoms with E-state index in [-0.39, 0.29) is 39.5 Å². The molecule has 4 rings (SSSR count). The van der Waals surface area contributed by atoms with Gasteiger partial charge in [0.25, 0.3) is 0 Å². The zero-order chi connectivity index (χ0) is 23.9. The van der Waals surface area contributed by atoms with Gasteiger partial charge in [-0.3, -0.25) is 0 Å². The van der Waals surface area contributed by atoms with Crippen molar-refractivity contribution in [3.8, 4) is 28.6 Å². The van der Waals surface area contributed by atoms with Crippen molar-refractivity contribution in [2.45, 2.75) is 30.7 Å². The fraction of sp³-hybridized carbons (Fsp3) is 0.273. The molecule has 2 aromatic carbocycles. The highest BCUT2D eigenvalue weighted by Gasteiger charge is 2.45. The van der Waals surface area contributed by atoms with Crippen molar-refractivity contribution in [3.63, 3.8) is 0 Å². The van der Waals surface area contributed by atoms with Crippen LogP contribution >= 0.6 is 0 Å². The number of hydrogen-bond acceptors (Lipinski definition) is 9. The number of aromatic carboxylic acids is 1. The van der Waals surface area contributed by atoms with Crippen LogP contribution in [0.4, 0.5) is 0 Å². The summed E-state index contributed by atoms with van der Waals surface area (Å²) in [7, 11) is 0. The van der Waals surface area contributed by atoms with Crippen LogP contribution < -0.4 is 4.74 Å². The molecule has 7 N–H and O–H groups in total. The highest BCUT2D eigenvalue weighted by Crippen LogP contribution is 2.40. The molecule has 33 heavy (non-hydrogen) atoms. The maximum absolute atomic E-state index is 11.7. The van der Waals surface area contributed by atoms with Gasteiger partial charge in [-0.2, -0.15) is 4.42 Å². The summed E-state index contributed by atoms with van der Waals surface area (Å²) in [6, 6.07) is 9.25. The third-order valence-electron chi connectivity index (χ3n) is 5.33. The van der Waals surface area contributed by atoms with Gasteiger partial charge >= 0.3 is 17.3 Å². The van der Waals surface area contributed by atoms with E-state index in [1.807, 2.05) is 0 Å². The van der Waals surface area contributed by atoms with Crippen molar-refractivity contribution in [3.05, 3.63) is 48.0 Å². The number of fused-ring (bicyclic) bond motifs is 1. The average Bonchev–Trinajstić information content (AvgIpc) is 2.79. The number of hydrogen-bond donors (Lipinski definition) is 7. The number of phenols is 2. The predicted octanol–water partition coefficient (Wildman–Crippen LogP) is 0.669. The molecule has 0 amide bonds. The number of ether oxygens (including phenoxy) is 2. The van der Waals surface area contributed by atoms with Gasteiger partial charge < -0.3 is 45.2 Å². The lowest BCUT2D eigenvalue weighted by molar-refractivity contribution is -0.277. The fourth-order valence-electron chi connectivity index (χ4n) is 3.57. The van der Waals surface area contributed by atoms with Crippen LogP contribution in [0, 0.1) is 0 Å². The van der Waals surface area contributed by atoms with Gasteiger partial charge in [0, 0.05) is 6.07 Å². The molecular weight excluding hydrogens is 440 g/mol. The topological polar surface area (TPSA) is 188 Å². The lowest BCUT2D eigenvalue weighted by Gasteiger charge is -2.39. The van der Waals surface area contributed by atoms with Gasteiger partial charge in [-0.1, -0.05) is 0 Å². The molecule has 0 bridgehead atoms. The minimum Gasteiger partial charge on any atom is -0.508 e. The van der Waals surface area contributed by atoms with Gasteiger partial charge in [-0.15, -0.1) is 0 Å². The molecule has 1 fully saturated rings. The fourth-order valence-corrected chi connectivity index (χ4v) is 3.57. The Kier molecular flexibility index (Phi) is 6.06. The van der Waals surface area contributed by atoms with E-state index in [1.54, 1.807) is 0 Å². The summed E-state index contributed by atoms with van der Waals surface area (Å²) < 4.78 is 16.9. The molecule has 0 unspecified atom stereocenters. The van der Waals surface area contributed by atoms with Crippen LogP contribution in [0.5, 0.6) is 17.2 Å². The van der Waals surface area contributed by atoms with Gasteiger partial charge in [-0.25, -0.2) is 4.79 Å². The standard InChI is InChI=1S/C22H20O11/c23-8-15-16(26)17(27)18(28)22(32-15)31-14-7-12-11(21(29)30)5-6-13(25)20(12)33-19(14)9-1-3-10(24)4-2-9/h1-7,15-18,22-23,26-28H,8H2,(H2-,24,25,29,30)/p+1/t15-,16-,17+,18-,22-/m1/s1. The number of carboxylic acids is 1. The van der Waals surface area contributed by atoms with Crippen LogP contribution in [-0.2, 0) is 4.74 Å². The Morgan fingerprint density at radius 2 is 1.70 bits per heavy atom. The highest BCUT2D eigenvalue weighted by atomic mass is 16.7. The number of carbonyl (C=O) groups is 1. The van der Waals surface area contributed by atoms with Crippen molar-refractivity contribution in [2.24, 2.45) is 0 Å². The molecule has 1 aliphatic heterocycles. The molecule has 2 heterocycles. The minimum atomic E-state index is -1.73. The first-order valence-electron chi connectivity index (χ1n) is 9.84. The molecule has 11 nitrogen and oxygen atoms in total. The van der Waals surface area contributed by atoms with Gasteiger partial charge in [0.05, 0.1) is 17.7 Å². The molecule has 0 saturated carbocycles. The Balaban J connectivity index is 1.87. The number of aromatic hydroxyl groups is 2. The van der Waals surface area contributed by atoms with Gasteiger partial charge in [0.2, 0.25) is 17.8 Å². The lowest BCUT2D eigenvalue weighted by Crippen LogP contribution is -2.60. The third kappa shape index (κ3) is 4.15. The second-order valence-corrected chi connectivity index (χ2v) is 7.48. The maximum Gasteiger partial charge on any atom is 0.403 e. The average molecular weight is 461 g/mol. The van der Waals surface area contributed by atoms with Crippen molar-refractivity contribution >= 4 is 16.9 Å². The van der Waals surface area contributed by atoms with Crippen molar-refractivity contribution in [1.29, 1.82) is 0 Å². The molecule has 1 saturated heterocycles. The minimum absolute atomic E-state index is 0.0164. The second-order valence-electron chi connectivity index (χ2n) is 7.48. The Morgan fingerprint density at radius 3 is 2.33 bits per heavy atom. The molecule has 0 spiro atoms. The summed E-state index contributed by atoms with van der Waals surface area (Å²) >= 11 is 0. The number of carboxylic acid groups (broad SMARTS) is 1. The number of rotatable bonds is 5. The summed E-state index contributed by atoms with van der Waals surface area (Å²) in [4.78, 5) is 11.7. The Labute approximate surface area is 185 Å². The van der Waals surface area contributed by atoms with Crippen molar-refractivity contribution < 1.29 is 54.4 Å². The van der Waals surface area contributed by atoms with E-state index >= 15 is 0 Å². The molecule has 0 aliphatic carbocycles. The first kappa shape index (κ1) is 22.7. The molecule has 3 aromatic rings. The third-order valence-corrected chi connectivity index (χ3v) is 5.33. The van der Waals surface area contributed by atoms with Crippen LogP contribution in [0.15, 0.2) is 46.9 Å². The van der Waals surface area contributed by atoms with E-state index in [0.717, 1.165) is 6.07 Å². The zero-order valence-electron chi connectivity index (χ0n) is 16.9. The van der Waals surface area contributed by atoms with Crippen LogP contribution in [0.1, 0.15) is 10.4 Å². The normalized spacial score (nSPS) is 25.2. The number of phenolic OH excluding ortho intramolecular Hbond substituents is 2.